The molecule has 1 aliphatic rings. The van der Waals surface area contributed by atoms with Gasteiger partial charge in [-0.3, -0.25) is 14.5 Å². The topological polar surface area (TPSA) is 115 Å². The number of rotatable bonds is 11. The maximum atomic E-state index is 13.5. The fourth-order valence-corrected chi connectivity index (χ4v) is 5.28. The van der Waals surface area contributed by atoms with Crippen molar-refractivity contribution < 1.29 is 33.7 Å². The van der Waals surface area contributed by atoms with E-state index < -0.39 is 23.7 Å². The van der Waals surface area contributed by atoms with E-state index in [-0.39, 0.29) is 27.9 Å². The van der Waals surface area contributed by atoms with E-state index in [0.29, 0.717) is 41.5 Å². The van der Waals surface area contributed by atoms with Crippen molar-refractivity contribution in [3.63, 3.8) is 0 Å². The summed E-state index contributed by atoms with van der Waals surface area (Å²) in [5, 5.41) is 11.6. The molecule has 1 fully saturated rings. The Morgan fingerprint density at radius 1 is 1.00 bits per heavy atom. The molecule has 1 atom stereocenters. The van der Waals surface area contributed by atoms with Crippen molar-refractivity contribution in [2.24, 2.45) is 0 Å². The van der Waals surface area contributed by atoms with Crippen LogP contribution in [0.25, 0.3) is 5.76 Å². The van der Waals surface area contributed by atoms with Crippen molar-refractivity contribution >= 4 is 39.9 Å². The number of hydrogen-bond acceptors (Lipinski definition) is 9. The van der Waals surface area contributed by atoms with E-state index in [1.807, 2.05) is 13.8 Å². The number of ether oxygens (including phenoxy) is 3. The number of anilines is 1. The first-order valence-electron chi connectivity index (χ1n) is 13.2. The second-order valence-corrected chi connectivity index (χ2v) is 10.1. The summed E-state index contributed by atoms with van der Waals surface area (Å²) in [6.45, 7) is 8.55. The van der Waals surface area contributed by atoms with E-state index in [4.69, 9.17) is 14.2 Å². The molecule has 2 aromatic carbocycles. The maximum absolute atomic E-state index is 13.5. The molecule has 0 aliphatic carbocycles. The summed E-state index contributed by atoms with van der Waals surface area (Å²) in [4.78, 5) is 45.4. The molecule has 1 amide bonds. The first-order chi connectivity index (χ1) is 19.3. The molecule has 10 heteroatoms. The van der Waals surface area contributed by atoms with Gasteiger partial charge in [-0.1, -0.05) is 49.4 Å². The number of Topliss-reactive ketones (excluding diaryl/α,β-unsaturated/α-hetero) is 1. The van der Waals surface area contributed by atoms with Crippen LogP contribution in [0.3, 0.4) is 0 Å². The Labute approximate surface area is 237 Å². The molecular formula is C30H32N2O7S. The molecule has 0 saturated carbocycles. The highest BCUT2D eigenvalue weighted by atomic mass is 32.1. The Balaban J connectivity index is 1.85. The number of carbonyl (C=O) groups excluding carboxylic acids is 3. The summed E-state index contributed by atoms with van der Waals surface area (Å²) in [6, 6.07) is 12.7. The van der Waals surface area contributed by atoms with Gasteiger partial charge in [0.15, 0.2) is 5.13 Å². The number of aryl methyl sites for hydroxylation is 1. The number of thiazole rings is 1. The number of esters is 1. The van der Waals surface area contributed by atoms with Crippen LogP contribution in [0.15, 0.2) is 54.1 Å². The molecule has 1 unspecified atom stereocenters. The Bertz CT molecular complexity index is 1430. The van der Waals surface area contributed by atoms with Crippen LogP contribution in [-0.2, 0) is 14.3 Å². The molecular weight excluding hydrogens is 532 g/mol. The van der Waals surface area contributed by atoms with E-state index in [9.17, 15) is 19.5 Å². The lowest BCUT2D eigenvalue weighted by Gasteiger charge is -2.23. The zero-order chi connectivity index (χ0) is 28.8. The highest BCUT2D eigenvalue weighted by molar-refractivity contribution is 7.17. The van der Waals surface area contributed by atoms with E-state index in [1.165, 1.54) is 4.90 Å². The van der Waals surface area contributed by atoms with Crippen LogP contribution in [-0.4, -0.2) is 47.6 Å². The molecule has 0 bridgehead atoms. The van der Waals surface area contributed by atoms with Gasteiger partial charge in [0, 0.05) is 5.56 Å². The zero-order valence-corrected chi connectivity index (χ0v) is 23.7. The maximum Gasteiger partial charge on any atom is 0.350 e. The highest BCUT2D eigenvalue weighted by Gasteiger charge is 2.48. The molecule has 210 valence electrons. The lowest BCUT2D eigenvalue weighted by Crippen LogP contribution is -2.29. The number of amides is 1. The van der Waals surface area contributed by atoms with Gasteiger partial charge in [-0.15, -0.1) is 0 Å². The number of aromatic nitrogens is 1. The number of benzene rings is 2. The summed E-state index contributed by atoms with van der Waals surface area (Å²) < 4.78 is 16.5. The summed E-state index contributed by atoms with van der Waals surface area (Å²) >= 11 is 0.963. The van der Waals surface area contributed by atoms with E-state index >= 15 is 0 Å². The average Bonchev–Trinajstić information content (AvgIpc) is 3.47. The number of nitrogens with zero attached hydrogens (tertiary/aromatic N) is 2. The lowest BCUT2D eigenvalue weighted by atomic mass is 9.95. The van der Waals surface area contributed by atoms with E-state index in [1.54, 1.807) is 62.4 Å². The normalized spacial score (nSPS) is 16.3. The molecule has 0 spiro atoms. The fourth-order valence-electron chi connectivity index (χ4n) is 4.29. The van der Waals surface area contributed by atoms with Crippen molar-refractivity contribution in [1.82, 2.24) is 4.98 Å². The third-order valence-corrected chi connectivity index (χ3v) is 7.28. The fraction of sp³-hybridized carbons (Fsp3) is 0.333. The van der Waals surface area contributed by atoms with Crippen molar-refractivity contribution in [2.45, 2.75) is 46.6 Å². The van der Waals surface area contributed by atoms with Crippen LogP contribution >= 0.6 is 11.3 Å². The summed E-state index contributed by atoms with van der Waals surface area (Å²) in [7, 11) is 0. The summed E-state index contributed by atoms with van der Waals surface area (Å²) in [5.74, 6) is -1.45. The van der Waals surface area contributed by atoms with Gasteiger partial charge < -0.3 is 19.3 Å². The quantitative estimate of drug-likeness (QED) is 0.134. The van der Waals surface area contributed by atoms with E-state index in [2.05, 4.69) is 4.98 Å². The van der Waals surface area contributed by atoms with Gasteiger partial charge >= 0.3 is 11.9 Å². The van der Waals surface area contributed by atoms with Crippen molar-refractivity contribution in [2.75, 3.05) is 24.7 Å². The number of aliphatic hydroxyl groups is 1. The Morgan fingerprint density at radius 3 is 2.33 bits per heavy atom. The Hall–Kier alpha value is -4.18. The average molecular weight is 565 g/mol. The molecule has 1 N–H and O–H groups in total. The number of aliphatic hydroxyl groups excluding tert-OH is 1. The molecule has 9 nitrogen and oxygen atoms in total. The van der Waals surface area contributed by atoms with Gasteiger partial charge in [-0.25, -0.2) is 9.78 Å². The number of hydrogen-bond donors (Lipinski definition) is 1. The zero-order valence-electron chi connectivity index (χ0n) is 22.9. The molecule has 1 aliphatic heterocycles. The molecule has 3 aromatic rings. The Kier molecular flexibility index (Phi) is 9.21. The van der Waals surface area contributed by atoms with Crippen molar-refractivity contribution in [3.8, 4) is 11.5 Å². The van der Waals surface area contributed by atoms with Gasteiger partial charge in [0.25, 0.3) is 5.78 Å². The molecule has 0 radical (unpaired) electrons. The van der Waals surface area contributed by atoms with Crippen molar-refractivity contribution in [1.29, 1.82) is 0 Å². The third-order valence-electron chi connectivity index (χ3n) is 6.15. The monoisotopic (exact) mass is 564 g/mol. The van der Waals surface area contributed by atoms with Crippen LogP contribution in [0.2, 0.25) is 0 Å². The first-order valence-corrected chi connectivity index (χ1v) is 14.0. The predicted octanol–water partition coefficient (Wildman–Crippen LogP) is 5.83. The minimum Gasteiger partial charge on any atom is -0.507 e. The third kappa shape index (κ3) is 5.86. The number of carbonyl (C=O) groups is 3. The molecule has 1 saturated heterocycles. The molecule has 40 heavy (non-hydrogen) atoms. The first kappa shape index (κ1) is 28.8. The summed E-state index contributed by atoms with van der Waals surface area (Å²) in [6.07, 6.45) is 1.65. The minimum absolute atomic E-state index is 0.0922. The van der Waals surface area contributed by atoms with Crippen LogP contribution in [0, 0.1) is 6.92 Å². The van der Waals surface area contributed by atoms with E-state index in [0.717, 1.165) is 24.2 Å². The minimum atomic E-state index is -0.999. The van der Waals surface area contributed by atoms with Crippen LogP contribution < -0.4 is 14.4 Å². The largest absolute Gasteiger partial charge is 0.507 e. The predicted molar refractivity (Wildman–Crippen MR) is 152 cm³/mol. The van der Waals surface area contributed by atoms with Crippen LogP contribution in [0.4, 0.5) is 5.13 Å². The number of ketones is 1. The Morgan fingerprint density at radius 2 is 1.68 bits per heavy atom. The van der Waals surface area contributed by atoms with Crippen LogP contribution in [0.1, 0.15) is 66.1 Å². The lowest BCUT2D eigenvalue weighted by molar-refractivity contribution is -0.132. The van der Waals surface area contributed by atoms with Gasteiger partial charge in [0.1, 0.15) is 22.1 Å². The molecule has 1 aromatic heterocycles. The summed E-state index contributed by atoms with van der Waals surface area (Å²) in [5.41, 5.74) is 1.18. The second kappa shape index (κ2) is 12.8. The van der Waals surface area contributed by atoms with Gasteiger partial charge in [-0.05, 0) is 56.5 Å². The van der Waals surface area contributed by atoms with Gasteiger partial charge in [-0.2, -0.15) is 0 Å². The second-order valence-electron chi connectivity index (χ2n) is 9.09. The van der Waals surface area contributed by atoms with Crippen LogP contribution in [0.5, 0.6) is 11.5 Å². The highest BCUT2D eigenvalue weighted by Crippen LogP contribution is 2.44. The smallest absolute Gasteiger partial charge is 0.350 e. The SMILES string of the molecule is CCCOc1ccc(C2C(=C(O)c3cccc(OCCC)c3)C(=O)C(=O)N2c2nc(C)c(C(=O)OCC)s2)cc1. The van der Waals surface area contributed by atoms with Crippen molar-refractivity contribution in [3.05, 3.63) is 75.8 Å². The van der Waals surface area contributed by atoms with Gasteiger partial charge in [0.2, 0.25) is 0 Å². The molecule has 4 rings (SSSR count). The molecule has 2 heterocycles. The van der Waals surface area contributed by atoms with Gasteiger partial charge in [0.05, 0.1) is 37.1 Å². The standard InChI is InChI=1S/C30H32N2O7S/c1-5-15-38-21-13-11-19(12-14-21)24-23(25(33)20-9-8-10-22(17-20)39-16-6-2)26(34)28(35)32(24)30-31-18(4)27(40-30)29(36)37-7-3/h8-14,17,24,33H,5-7,15-16H2,1-4H3.